The number of aromatic amines is 1. The number of ketones is 1. The van der Waals surface area contributed by atoms with Crippen LogP contribution in [-0.4, -0.2) is 20.7 Å². The minimum atomic E-state index is -0.266. The van der Waals surface area contributed by atoms with Gasteiger partial charge in [0.25, 0.3) is 0 Å². The van der Waals surface area contributed by atoms with E-state index in [0.717, 1.165) is 28.8 Å². The zero-order valence-electron chi connectivity index (χ0n) is 14.1. The van der Waals surface area contributed by atoms with Crippen molar-refractivity contribution in [3.8, 4) is 0 Å². The van der Waals surface area contributed by atoms with Crippen molar-refractivity contribution in [3.63, 3.8) is 0 Å². The molecule has 0 amide bonds. The average Bonchev–Trinajstić information content (AvgIpc) is 2.52. The van der Waals surface area contributed by atoms with Crippen LogP contribution in [-0.2, 0) is 4.79 Å². The number of carbonyl (C=O) groups excluding carboxylic acids is 1. The van der Waals surface area contributed by atoms with Gasteiger partial charge in [-0.3, -0.25) is 9.78 Å². The number of anilines is 2. The molecule has 25 heavy (non-hydrogen) atoms. The zero-order chi connectivity index (χ0) is 17.8. The number of allylic oxidation sites excluding steroid dienone is 2. The molecule has 2 aliphatic rings. The van der Waals surface area contributed by atoms with E-state index in [9.17, 15) is 4.79 Å². The molecular weight excluding hydrogens is 334 g/mol. The summed E-state index contributed by atoms with van der Waals surface area (Å²) in [6, 6.07) is 3.83. The Kier molecular flexibility index (Phi) is 3.50. The van der Waals surface area contributed by atoms with Crippen molar-refractivity contribution < 1.29 is 4.79 Å². The number of pyridine rings is 1. The molecule has 0 saturated heterocycles. The summed E-state index contributed by atoms with van der Waals surface area (Å²) in [7, 11) is 0. The smallest absolute Gasteiger partial charge is 0.200 e. The third-order valence-electron chi connectivity index (χ3n) is 4.81. The summed E-state index contributed by atoms with van der Waals surface area (Å²) in [6.07, 6.45) is 4.75. The van der Waals surface area contributed by atoms with E-state index in [1.165, 1.54) is 0 Å². The van der Waals surface area contributed by atoms with Crippen LogP contribution in [0, 0.1) is 10.2 Å². The number of Topliss-reactive ketones (excluding diaryl/α,β-unsaturated/α-hetero) is 1. The highest BCUT2D eigenvalue weighted by molar-refractivity contribution is 7.71. The molecule has 0 saturated carbocycles. The van der Waals surface area contributed by atoms with E-state index in [2.05, 4.69) is 34.1 Å². The quantitative estimate of drug-likeness (QED) is 0.681. The van der Waals surface area contributed by atoms with E-state index in [1.54, 1.807) is 12.4 Å². The first kappa shape index (κ1) is 16.0. The largest absolute Gasteiger partial charge is 0.385 e. The van der Waals surface area contributed by atoms with E-state index >= 15 is 0 Å². The normalized spacial score (nSPS) is 21.4. The standard InChI is InChI=1S/C18H19N5OS/c1-18(2)7-10-13(11(24)8-18)12(9-3-5-20-6-4-9)14-15(19)22-17(25)23-16(14)21-10/h3-6,12H,7-8H2,1-2H3,(H4,19,21,22,23,25)/t12-/m1/s1. The van der Waals surface area contributed by atoms with Crippen molar-refractivity contribution in [2.75, 3.05) is 11.1 Å². The number of fused-ring (bicyclic) bond motifs is 1. The molecule has 2 aromatic heterocycles. The van der Waals surface area contributed by atoms with Crippen molar-refractivity contribution >= 4 is 29.6 Å². The molecule has 0 aromatic carbocycles. The van der Waals surface area contributed by atoms with E-state index in [-0.39, 0.29) is 17.1 Å². The van der Waals surface area contributed by atoms with Gasteiger partial charge in [0.2, 0.25) is 0 Å². The number of nitrogens with zero attached hydrogens (tertiary/aromatic N) is 2. The summed E-state index contributed by atoms with van der Waals surface area (Å²) in [6.45, 7) is 4.21. The van der Waals surface area contributed by atoms with Gasteiger partial charge < -0.3 is 16.0 Å². The predicted octanol–water partition coefficient (Wildman–Crippen LogP) is 3.32. The van der Waals surface area contributed by atoms with Gasteiger partial charge in [0.05, 0.1) is 0 Å². The molecule has 6 nitrogen and oxygen atoms in total. The van der Waals surface area contributed by atoms with E-state index in [1.807, 2.05) is 12.1 Å². The second-order valence-corrected chi connectivity index (χ2v) is 7.78. The first-order valence-corrected chi connectivity index (χ1v) is 8.59. The van der Waals surface area contributed by atoms with E-state index < -0.39 is 0 Å². The summed E-state index contributed by atoms with van der Waals surface area (Å²) < 4.78 is 0.322. The molecule has 0 unspecified atom stereocenters. The van der Waals surface area contributed by atoms with Crippen LogP contribution in [0.2, 0.25) is 0 Å². The molecule has 0 fully saturated rings. The van der Waals surface area contributed by atoms with E-state index in [0.29, 0.717) is 22.8 Å². The number of aromatic nitrogens is 3. The lowest BCUT2D eigenvalue weighted by Gasteiger charge is -2.39. The Balaban J connectivity index is 1.99. The van der Waals surface area contributed by atoms with Crippen LogP contribution in [0.3, 0.4) is 0 Å². The van der Waals surface area contributed by atoms with Gasteiger partial charge in [0.1, 0.15) is 11.6 Å². The molecule has 1 aliphatic carbocycles. The number of nitrogens with one attached hydrogen (secondary N) is 2. The summed E-state index contributed by atoms with van der Waals surface area (Å²) in [5.41, 5.74) is 9.58. The van der Waals surface area contributed by atoms with Crippen LogP contribution in [0.15, 0.2) is 35.8 Å². The number of hydrogen-bond acceptors (Lipinski definition) is 6. The minimum absolute atomic E-state index is 0.0908. The van der Waals surface area contributed by atoms with Gasteiger partial charge in [-0.2, -0.15) is 0 Å². The molecule has 0 spiro atoms. The van der Waals surface area contributed by atoms with Crippen LogP contribution in [0.25, 0.3) is 0 Å². The molecule has 4 N–H and O–H groups in total. The fourth-order valence-electron chi connectivity index (χ4n) is 3.85. The van der Waals surface area contributed by atoms with Gasteiger partial charge >= 0.3 is 0 Å². The molecule has 1 aliphatic heterocycles. The molecule has 0 radical (unpaired) electrons. The number of carbonyl (C=O) groups is 1. The number of rotatable bonds is 1. The van der Waals surface area contributed by atoms with Gasteiger partial charge in [-0.05, 0) is 41.7 Å². The van der Waals surface area contributed by atoms with Gasteiger partial charge in [0.15, 0.2) is 10.6 Å². The van der Waals surface area contributed by atoms with Crippen molar-refractivity contribution in [2.45, 2.75) is 32.6 Å². The maximum Gasteiger partial charge on any atom is 0.200 e. The molecule has 3 heterocycles. The lowest BCUT2D eigenvalue weighted by atomic mass is 9.69. The topological polar surface area (TPSA) is 96.7 Å². The lowest BCUT2D eigenvalue weighted by molar-refractivity contribution is -0.118. The Labute approximate surface area is 150 Å². The third kappa shape index (κ3) is 2.64. The highest BCUT2D eigenvalue weighted by atomic mass is 32.1. The summed E-state index contributed by atoms with van der Waals surface area (Å²) in [5, 5.41) is 3.33. The molecule has 1 atom stereocenters. The first-order valence-electron chi connectivity index (χ1n) is 8.18. The Hall–Kier alpha value is -2.54. The minimum Gasteiger partial charge on any atom is -0.385 e. The second-order valence-electron chi connectivity index (χ2n) is 7.39. The van der Waals surface area contributed by atoms with Crippen LogP contribution < -0.4 is 11.1 Å². The van der Waals surface area contributed by atoms with Gasteiger partial charge in [-0.15, -0.1) is 0 Å². The molecular formula is C18H19N5OS. The maximum atomic E-state index is 13.0. The molecule has 0 bridgehead atoms. The number of nitrogens with two attached hydrogens (primary N) is 1. The third-order valence-corrected chi connectivity index (χ3v) is 5.00. The second kappa shape index (κ2) is 5.49. The Morgan fingerprint density at radius 2 is 2.00 bits per heavy atom. The molecule has 4 rings (SSSR count). The lowest BCUT2D eigenvalue weighted by Crippen LogP contribution is -2.34. The predicted molar refractivity (Wildman–Crippen MR) is 98.6 cm³/mol. The number of nitrogen functional groups attached to an aromatic ring is 1. The Bertz CT molecular complexity index is 961. The Morgan fingerprint density at radius 1 is 1.28 bits per heavy atom. The fourth-order valence-corrected chi connectivity index (χ4v) is 4.05. The van der Waals surface area contributed by atoms with Crippen molar-refractivity contribution in [2.24, 2.45) is 5.41 Å². The van der Waals surface area contributed by atoms with Gasteiger partial charge in [-0.25, -0.2) is 4.98 Å². The SMILES string of the molecule is CC1(C)CC(=O)C2=C(C1)Nc1nc(=S)[nH]c(N)c1[C@@H]2c1ccncc1. The van der Waals surface area contributed by atoms with Crippen LogP contribution in [0.4, 0.5) is 11.6 Å². The highest BCUT2D eigenvalue weighted by Gasteiger charge is 2.41. The van der Waals surface area contributed by atoms with Gasteiger partial charge in [0, 0.05) is 41.6 Å². The fraction of sp³-hybridized carbons (Fsp3) is 0.333. The molecule has 7 heteroatoms. The zero-order valence-corrected chi connectivity index (χ0v) is 14.9. The van der Waals surface area contributed by atoms with Crippen LogP contribution >= 0.6 is 12.2 Å². The van der Waals surface area contributed by atoms with Crippen LogP contribution in [0.5, 0.6) is 0 Å². The average molecular weight is 353 g/mol. The van der Waals surface area contributed by atoms with Crippen molar-refractivity contribution in [1.29, 1.82) is 0 Å². The maximum absolute atomic E-state index is 13.0. The number of hydrogen-bond donors (Lipinski definition) is 3. The van der Waals surface area contributed by atoms with Crippen LogP contribution in [0.1, 0.15) is 43.7 Å². The van der Waals surface area contributed by atoms with Crippen molar-refractivity contribution in [1.82, 2.24) is 15.0 Å². The summed E-state index contributed by atoms with van der Waals surface area (Å²) in [5.74, 6) is 0.950. The number of H-pyrrole nitrogens is 1. The summed E-state index contributed by atoms with van der Waals surface area (Å²) in [4.78, 5) is 24.4. The molecule has 128 valence electrons. The highest BCUT2D eigenvalue weighted by Crippen LogP contribution is 2.49. The van der Waals surface area contributed by atoms with E-state index in [4.69, 9.17) is 18.0 Å². The molecule has 2 aromatic rings. The van der Waals surface area contributed by atoms with Gasteiger partial charge in [-0.1, -0.05) is 13.8 Å². The monoisotopic (exact) mass is 353 g/mol. The first-order chi connectivity index (χ1) is 11.9. The Morgan fingerprint density at radius 3 is 2.72 bits per heavy atom. The van der Waals surface area contributed by atoms with Crippen molar-refractivity contribution in [3.05, 3.63) is 51.7 Å². The summed E-state index contributed by atoms with van der Waals surface area (Å²) >= 11 is 5.18.